The highest BCUT2D eigenvalue weighted by Gasteiger charge is 2.43. The minimum absolute atomic E-state index is 0.0602. The maximum absolute atomic E-state index is 13.2. The second-order valence-corrected chi connectivity index (χ2v) is 9.42. The first kappa shape index (κ1) is 23.6. The van der Waals surface area contributed by atoms with Crippen LogP contribution in [0.2, 0.25) is 0 Å². The quantitative estimate of drug-likeness (QED) is 0.415. The number of likely N-dealkylation sites (N-methyl/N-ethyl adjacent to an activating group) is 1. The minimum Gasteiger partial charge on any atom is -0.375 e. The summed E-state index contributed by atoms with van der Waals surface area (Å²) in [6, 6.07) is 15.9. The van der Waals surface area contributed by atoms with E-state index < -0.39 is 17.8 Å². The lowest BCUT2D eigenvalue weighted by Crippen LogP contribution is -2.58. The number of nitrogens with one attached hydrogen (secondary N) is 2. The van der Waals surface area contributed by atoms with Crippen LogP contribution in [0.25, 0.3) is 0 Å². The third kappa shape index (κ3) is 4.84. The van der Waals surface area contributed by atoms with E-state index in [2.05, 4.69) is 5.32 Å². The number of thioether (sulfide) groups is 1. The number of amides is 4. The van der Waals surface area contributed by atoms with Gasteiger partial charge in [0, 0.05) is 30.1 Å². The van der Waals surface area contributed by atoms with E-state index in [1.807, 2.05) is 30.3 Å². The number of carbonyl (C=O) groups excluding carboxylic acids is 3. The molecule has 9 heteroatoms. The number of nitrogens with two attached hydrogens (primary N) is 1. The Labute approximate surface area is 202 Å². The molecule has 4 amide bonds. The number of nitrogens with zero attached hydrogens (tertiary/aromatic N) is 2. The van der Waals surface area contributed by atoms with Gasteiger partial charge in [0.1, 0.15) is 11.4 Å². The lowest BCUT2D eigenvalue weighted by Gasteiger charge is -2.38. The van der Waals surface area contributed by atoms with E-state index in [1.165, 1.54) is 23.7 Å². The van der Waals surface area contributed by atoms with Crippen molar-refractivity contribution >= 4 is 35.4 Å². The Morgan fingerprint density at radius 1 is 1.09 bits per heavy atom. The molecule has 34 heavy (non-hydrogen) atoms. The lowest BCUT2D eigenvalue weighted by molar-refractivity contribution is -0.123. The predicted octanol–water partition coefficient (Wildman–Crippen LogP) is 3.69. The van der Waals surface area contributed by atoms with E-state index in [0.717, 1.165) is 41.0 Å². The average molecular weight is 478 g/mol. The summed E-state index contributed by atoms with van der Waals surface area (Å²) in [6.07, 6.45) is 3.65. The van der Waals surface area contributed by atoms with Gasteiger partial charge in [-0.3, -0.25) is 24.8 Å². The van der Waals surface area contributed by atoms with Crippen molar-refractivity contribution in [1.29, 1.82) is 5.41 Å². The topological polar surface area (TPSA) is 120 Å². The number of rotatable bonds is 7. The van der Waals surface area contributed by atoms with Crippen molar-refractivity contribution in [2.75, 3.05) is 7.05 Å². The van der Waals surface area contributed by atoms with Gasteiger partial charge in [0.2, 0.25) is 5.91 Å². The molecule has 1 saturated carbocycles. The van der Waals surface area contributed by atoms with E-state index in [1.54, 1.807) is 24.3 Å². The lowest BCUT2D eigenvalue weighted by atomic mass is 10.1. The van der Waals surface area contributed by atoms with Crippen molar-refractivity contribution in [3.05, 3.63) is 76.3 Å². The number of hydrogen-bond donors (Lipinski definition) is 3. The molecule has 0 atom stereocenters. The molecule has 2 aromatic rings. The van der Waals surface area contributed by atoms with Crippen LogP contribution in [-0.2, 0) is 11.3 Å². The molecule has 2 fully saturated rings. The van der Waals surface area contributed by atoms with Gasteiger partial charge in [-0.2, -0.15) is 0 Å². The van der Waals surface area contributed by atoms with Crippen molar-refractivity contribution in [2.24, 2.45) is 5.73 Å². The van der Waals surface area contributed by atoms with E-state index in [-0.39, 0.29) is 17.5 Å². The Morgan fingerprint density at radius 2 is 1.74 bits per heavy atom. The number of primary amides is 1. The summed E-state index contributed by atoms with van der Waals surface area (Å²) >= 11 is 1.35. The molecular weight excluding hydrogens is 450 g/mol. The van der Waals surface area contributed by atoms with Crippen molar-refractivity contribution in [1.82, 2.24) is 15.1 Å². The number of hydrogen-bond acceptors (Lipinski definition) is 6. The molecule has 1 aliphatic heterocycles. The maximum atomic E-state index is 13.2. The standard InChI is InChI=1S/C25H27N5O3S/c1-29-24(32)20(21(26)30(25(29)33)18-7-5-6-8-18)23(34-19-9-3-2-4-10-19)28-15-16-11-13-17(14-12-16)22(27)31/h2-4,9-14,18,26,28H,5-8,15H2,1H3,(H2,27,31)/b23-20-,26-21?. The van der Waals surface area contributed by atoms with Crippen LogP contribution in [0.5, 0.6) is 0 Å². The van der Waals surface area contributed by atoms with E-state index in [0.29, 0.717) is 17.1 Å². The summed E-state index contributed by atoms with van der Waals surface area (Å²) in [5, 5.41) is 12.7. The van der Waals surface area contributed by atoms with Gasteiger partial charge >= 0.3 is 6.03 Å². The molecule has 0 aromatic heterocycles. The molecule has 4 N–H and O–H groups in total. The Balaban J connectivity index is 1.69. The van der Waals surface area contributed by atoms with E-state index >= 15 is 0 Å². The van der Waals surface area contributed by atoms with Gasteiger partial charge in [-0.25, -0.2) is 4.79 Å². The molecule has 1 heterocycles. The molecule has 0 bridgehead atoms. The van der Waals surface area contributed by atoms with Crippen LogP contribution < -0.4 is 11.1 Å². The molecule has 0 unspecified atom stereocenters. The molecule has 1 aliphatic carbocycles. The molecule has 176 valence electrons. The highest BCUT2D eigenvalue weighted by molar-refractivity contribution is 8.03. The summed E-state index contributed by atoms with van der Waals surface area (Å²) in [5.41, 5.74) is 6.80. The van der Waals surface area contributed by atoms with Crippen LogP contribution in [0.3, 0.4) is 0 Å². The van der Waals surface area contributed by atoms with E-state index in [4.69, 9.17) is 11.1 Å². The number of urea groups is 1. The van der Waals surface area contributed by atoms with Crippen LogP contribution in [0, 0.1) is 5.41 Å². The van der Waals surface area contributed by atoms with Crippen LogP contribution in [0.1, 0.15) is 41.6 Å². The highest BCUT2D eigenvalue weighted by atomic mass is 32.2. The Morgan fingerprint density at radius 3 is 2.35 bits per heavy atom. The zero-order valence-corrected chi connectivity index (χ0v) is 19.7. The highest BCUT2D eigenvalue weighted by Crippen LogP contribution is 2.34. The summed E-state index contributed by atoms with van der Waals surface area (Å²) in [5.74, 6) is -1.06. The van der Waals surface area contributed by atoms with Gasteiger partial charge in [0.05, 0.1) is 5.03 Å². The first-order chi connectivity index (χ1) is 16.4. The van der Waals surface area contributed by atoms with Gasteiger partial charge in [-0.1, -0.05) is 54.9 Å². The molecule has 2 aliphatic rings. The van der Waals surface area contributed by atoms with Crippen LogP contribution >= 0.6 is 11.8 Å². The van der Waals surface area contributed by atoms with Gasteiger partial charge in [0.15, 0.2) is 0 Å². The second kappa shape index (κ2) is 10.1. The fourth-order valence-electron chi connectivity index (χ4n) is 4.19. The first-order valence-corrected chi connectivity index (χ1v) is 12.0. The van der Waals surface area contributed by atoms with Crippen molar-refractivity contribution in [2.45, 2.75) is 43.2 Å². The summed E-state index contributed by atoms with van der Waals surface area (Å²) < 4.78 is 0. The third-order valence-electron chi connectivity index (χ3n) is 6.06. The third-order valence-corrected chi connectivity index (χ3v) is 7.12. The average Bonchev–Trinajstić information content (AvgIpc) is 3.36. The molecule has 0 radical (unpaired) electrons. The van der Waals surface area contributed by atoms with Crippen LogP contribution in [-0.4, -0.2) is 46.6 Å². The number of benzene rings is 2. The molecule has 2 aromatic carbocycles. The van der Waals surface area contributed by atoms with E-state index in [9.17, 15) is 14.4 Å². The van der Waals surface area contributed by atoms with Gasteiger partial charge in [0.25, 0.3) is 5.91 Å². The number of imide groups is 1. The molecule has 0 spiro atoms. The smallest absolute Gasteiger partial charge is 0.332 e. The number of carbonyl (C=O) groups is 3. The van der Waals surface area contributed by atoms with Crippen LogP contribution in [0.15, 0.2) is 70.1 Å². The van der Waals surface area contributed by atoms with Gasteiger partial charge < -0.3 is 11.1 Å². The molecule has 8 nitrogen and oxygen atoms in total. The summed E-state index contributed by atoms with van der Waals surface area (Å²) in [6.45, 7) is 0.360. The second-order valence-electron chi connectivity index (χ2n) is 8.34. The Kier molecular flexibility index (Phi) is 7.02. The fraction of sp³-hybridized carbons (Fsp3) is 0.280. The SMILES string of the molecule is CN1C(=O)/C(=C(/NCc2ccc(C(N)=O)cc2)Sc2ccccc2)C(=N)N(C2CCCC2)C1=O. The number of amidine groups is 1. The normalized spacial score (nSPS) is 18.4. The van der Waals surface area contributed by atoms with Gasteiger partial charge in [-0.05, 0) is 42.7 Å². The zero-order chi connectivity index (χ0) is 24.2. The first-order valence-electron chi connectivity index (χ1n) is 11.2. The molecule has 1 saturated heterocycles. The molecular formula is C25H27N5O3S. The summed E-state index contributed by atoms with van der Waals surface area (Å²) in [7, 11) is 1.46. The largest absolute Gasteiger partial charge is 0.375 e. The maximum Gasteiger partial charge on any atom is 0.332 e. The van der Waals surface area contributed by atoms with Gasteiger partial charge in [-0.15, -0.1) is 0 Å². The monoisotopic (exact) mass is 477 g/mol. The van der Waals surface area contributed by atoms with Crippen molar-refractivity contribution < 1.29 is 14.4 Å². The molecule has 4 rings (SSSR count). The predicted molar refractivity (Wildman–Crippen MR) is 131 cm³/mol. The van der Waals surface area contributed by atoms with Crippen molar-refractivity contribution in [3.63, 3.8) is 0 Å². The minimum atomic E-state index is -0.501. The Bertz CT molecular complexity index is 1140. The Hall–Kier alpha value is -3.59. The van der Waals surface area contributed by atoms with Crippen LogP contribution in [0.4, 0.5) is 4.79 Å². The summed E-state index contributed by atoms with van der Waals surface area (Å²) in [4.78, 5) is 41.0. The van der Waals surface area contributed by atoms with Crippen molar-refractivity contribution in [3.8, 4) is 0 Å². The zero-order valence-electron chi connectivity index (χ0n) is 18.9. The fourth-order valence-corrected chi connectivity index (χ4v) is 5.15.